The molecule has 1 atom stereocenters. The molecule has 0 radical (unpaired) electrons. The van der Waals surface area contributed by atoms with Gasteiger partial charge in [0.1, 0.15) is 0 Å². The molecule has 1 saturated heterocycles. The number of amidine groups is 1. The van der Waals surface area contributed by atoms with Gasteiger partial charge in [-0.1, -0.05) is 80.2 Å². The lowest BCUT2D eigenvalue weighted by molar-refractivity contribution is 0.0912. The second kappa shape index (κ2) is 14.9. The van der Waals surface area contributed by atoms with Crippen LogP contribution >= 0.6 is 15.9 Å². The van der Waals surface area contributed by atoms with Crippen molar-refractivity contribution in [1.29, 1.82) is 0 Å². The second-order valence-corrected chi connectivity index (χ2v) is 12.2. The number of hydrazine groups is 2. The summed E-state index contributed by atoms with van der Waals surface area (Å²) in [7, 11) is 0. The van der Waals surface area contributed by atoms with Gasteiger partial charge >= 0.3 is 6.03 Å². The van der Waals surface area contributed by atoms with Gasteiger partial charge in [0.05, 0.1) is 18.1 Å². The number of halogens is 1. The van der Waals surface area contributed by atoms with E-state index in [0.29, 0.717) is 17.9 Å². The lowest BCUT2D eigenvalue weighted by Crippen LogP contribution is -2.49. The highest BCUT2D eigenvalue weighted by molar-refractivity contribution is 9.10. The minimum absolute atomic E-state index is 0.00396. The normalized spacial score (nSPS) is 22.2. The number of hydrazone groups is 1. The number of nitrogens with zero attached hydrogens (tertiary/aromatic N) is 3. The van der Waals surface area contributed by atoms with Crippen LogP contribution in [-0.2, 0) is 6.54 Å². The summed E-state index contributed by atoms with van der Waals surface area (Å²) >= 11 is 3.53. The second-order valence-electron chi connectivity index (χ2n) is 11.3. The highest BCUT2D eigenvalue weighted by Gasteiger charge is 2.51. The molecule has 1 aliphatic carbocycles. The third-order valence-electron chi connectivity index (χ3n) is 8.76. The summed E-state index contributed by atoms with van der Waals surface area (Å²) in [6.45, 7) is 9.98. The van der Waals surface area contributed by atoms with E-state index in [2.05, 4.69) is 78.6 Å². The summed E-state index contributed by atoms with van der Waals surface area (Å²) in [5.41, 5.74) is 10.6. The molecule has 1 spiro atoms. The van der Waals surface area contributed by atoms with Crippen molar-refractivity contribution >= 4 is 33.7 Å². The van der Waals surface area contributed by atoms with Crippen LogP contribution in [0.1, 0.15) is 100 Å². The molecule has 1 saturated carbocycles. The zero-order valence-corrected chi connectivity index (χ0v) is 27.0. The molecule has 2 aromatic carbocycles. The van der Waals surface area contributed by atoms with Gasteiger partial charge in [-0.3, -0.25) is 10.2 Å². The topological polar surface area (TPSA) is 101 Å². The Labute approximate surface area is 258 Å². The fraction of sp³-hybridized carbons (Fsp3) is 0.531. The zero-order valence-electron chi connectivity index (χ0n) is 25.4. The average Bonchev–Trinajstić information content (AvgIpc) is 3.64. The maximum absolute atomic E-state index is 14.1. The van der Waals surface area contributed by atoms with Crippen molar-refractivity contribution in [3.8, 4) is 0 Å². The van der Waals surface area contributed by atoms with Crippen LogP contribution in [0.5, 0.6) is 0 Å². The van der Waals surface area contributed by atoms with Gasteiger partial charge in [-0.2, -0.15) is 0 Å². The smallest absolute Gasteiger partial charge is 0.321 e. The quantitative estimate of drug-likeness (QED) is 0.246. The fourth-order valence-corrected chi connectivity index (χ4v) is 6.49. The predicted octanol–water partition coefficient (Wildman–Crippen LogP) is 6.25. The van der Waals surface area contributed by atoms with Crippen molar-refractivity contribution in [1.82, 2.24) is 31.6 Å². The lowest BCUT2D eigenvalue weighted by Gasteiger charge is -2.42. The summed E-state index contributed by atoms with van der Waals surface area (Å²) in [5, 5.41) is 6.82. The fourth-order valence-electron chi connectivity index (χ4n) is 6.23. The molecule has 5 rings (SSSR count). The van der Waals surface area contributed by atoms with Crippen molar-refractivity contribution in [2.24, 2.45) is 11.0 Å². The van der Waals surface area contributed by atoms with Crippen LogP contribution < -0.4 is 21.8 Å². The summed E-state index contributed by atoms with van der Waals surface area (Å²) in [6.07, 6.45) is 8.24. The van der Waals surface area contributed by atoms with E-state index < -0.39 is 0 Å². The highest BCUT2D eigenvalue weighted by atomic mass is 79.9. The van der Waals surface area contributed by atoms with Crippen LogP contribution in [0.25, 0.3) is 0 Å². The van der Waals surface area contributed by atoms with Crippen molar-refractivity contribution in [2.75, 3.05) is 13.1 Å². The van der Waals surface area contributed by atoms with E-state index in [9.17, 15) is 9.59 Å². The monoisotopic (exact) mass is 639 g/mol. The number of unbranched alkanes of at least 4 members (excludes halogenated alkanes) is 1. The standard InChI is InChI=1S/C30H40BrN7O2.C2H6/c1-3-4-5-22-14-16-30(17-15-22)20-37(21(2)24-10-12-26(31)13-11-24)29(40)38(30)19-23-6-8-25(9-7-23)28(39)32-18-27-33-35-36-34-27;1-2/h6-13,21-22,35-36H,3-5,14-20H2,1-2H3,(H,32,39)(H,33,34);1-2H3. The molecule has 2 heterocycles. The summed E-state index contributed by atoms with van der Waals surface area (Å²) in [4.78, 5) is 30.9. The van der Waals surface area contributed by atoms with Crippen molar-refractivity contribution in [2.45, 2.75) is 90.8 Å². The predicted molar refractivity (Wildman–Crippen MR) is 171 cm³/mol. The largest absolute Gasteiger partial charge is 0.345 e. The van der Waals surface area contributed by atoms with Gasteiger partial charge in [0.25, 0.3) is 5.91 Å². The Morgan fingerprint density at radius 1 is 1.12 bits per heavy atom. The van der Waals surface area contributed by atoms with Gasteiger partial charge < -0.3 is 15.1 Å². The van der Waals surface area contributed by atoms with Gasteiger partial charge in [0, 0.05) is 23.1 Å². The summed E-state index contributed by atoms with van der Waals surface area (Å²) in [6, 6.07) is 16.0. The number of hydrogen-bond acceptors (Lipinski definition) is 6. The number of nitrogens with one attached hydrogen (secondary N) is 4. The molecule has 4 N–H and O–H groups in total. The van der Waals surface area contributed by atoms with Gasteiger partial charge in [-0.15, -0.1) is 10.6 Å². The molecule has 2 aromatic rings. The number of rotatable bonds is 10. The van der Waals surface area contributed by atoms with Crippen molar-refractivity contribution in [3.05, 3.63) is 69.7 Å². The number of hydrogen-bond donors (Lipinski definition) is 4. The first-order valence-corrected chi connectivity index (χ1v) is 16.2. The molecule has 2 fully saturated rings. The summed E-state index contributed by atoms with van der Waals surface area (Å²) < 4.78 is 1.04. The zero-order chi connectivity index (χ0) is 30.1. The Hall–Kier alpha value is -3.11. The minimum atomic E-state index is -0.170. The minimum Gasteiger partial charge on any atom is -0.345 e. The average molecular weight is 641 g/mol. The number of carbonyl (C=O) groups excluding carboxylic acids is 2. The third kappa shape index (κ3) is 7.45. The first kappa shape index (κ1) is 31.8. The molecule has 3 aliphatic rings. The molecule has 42 heavy (non-hydrogen) atoms. The Balaban J connectivity index is 0.00000198. The van der Waals surface area contributed by atoms with Gasteiger partial charge in [0.2, 0.25) is 0 Å². The van der Waals surface area contributed by atoms with Crippen LogP contribution in [0, 0.1) is 5.92 Å². The van der Waals surface area contributed by atoms with E-state index in [4.69, 9.17) is 0 Å². The van der Waals surface area contributed by atoms with Gasteiger partial charge in [-0.25, -0.2) is 10.3 Å². The maximum atomic E-state index is 14.1. The number of amides is 3. The Morgan fingerprint density at radius 3 is 2.43 bits per heavy atom. The molecule has 1 unspecified atom stereocenters. The van der Waals surface area contributed by atoms with Gasteiger partial charge in [0.15, 0.2) is 5.84 Å². The van der Waals surface area contributed by atoms with Crippen LogP contribution in [0.3, 0.4) is 0 Å². The van der Waals surface area contributed by atoms with Crippen LogP contribution in [0.2, 0.25) is 0 Å². The molecule has 0 aromatic heterocycles. The van der Waals surface area contributed by atoms with Crippen molar-refractivity contribution < 1.29 is 9.59 Å². The number of benzene rings is 2. The van der Waals surface area contributed by atoms with E-state index in [0.717, 1.165) is 40.9 Å². The Morgan fingerprint density at radius 2 is 1.81 bits per heavy atom. The maximum Gasteiger partial charge on any atom is 0.321 e. The van der Waals surface area contributed by atoms with Crippen molar-refractivity contribution in [3.63, 3.8) is 0 Å². The third-order valence-corrected chi connectivity index (χ3v) is 9.29. The number of carbonyl (C=O) groups is 2. The lowest BCUT2D eigenvalue weighted by atomic mass is 9.74. The molecule has 9 nitrogen and oxygen atoms in total. The first-order valence-electron chi connectivity index (χ1n) is 15.4. The molecule has 3 amide bonds. The molecule has 0 bridgehead atoms. The molecule has 228 valence electrons. The van der Waals surface area contributed by atoms with E-state index in [-0.39, 0.29) is 30.1 Å². The Bertz CT molecular complexity index is 1210. The Kier molecular flexibility index (Phi) is 11.3. The highest BCUT2D eigenvalue weighted by Crippen LogP contribution is 2.45. The van der Waals surface area contributed by atoms with Crippen LogP contribution in [0.4, 0.5) is 4.79 Å². The van der Waals surface area contributed by atoms with Crippen LogP contribution in [0.15, 0.2) is 58.1 Å². The van der Waals surface area contributed by atoms with E-state index in [1.54, 1.807) is 0 Å². The number of urea groups is 1. The molecular formula is C32H46BrN7O2. The molecule has 10 heteroatoms. The molecule has 2 aliphatic heterocycles. The molecular weight excluding hydrogens is 594 g/mol. The SMILES string of the molecule is CC.CCCCC1CCC2(CC1)CN(C(C)c1ccc(Br)cc1)C(=O)N2Cc1ccc(C(=O)NCC2=NNNN2)cc1. The first-order chi connectivity index (χ1) is 20.4. The van der Waals surface area contributed by atoms with Crippen LogP contribution in [-0.4, -0.2) is 46.2 Å². The summed E-state index contributed by atoms with van der Waals surface area (Å²) in [5.74, 6) is 1.20. The van der Waals surface area contributed by atoms with E-state index in [1.165, 1.54) is 32.1 Å². The van der Waals surface area contributed by atoms with Gasteiger partial charge in [-0.05, 0) is 73.9 Å². The van der Waals surface area contributed by atoms with E-state index in [1.807, 2.05) is 50.2 Å². The van der Waals surface area contributed by atoms with E-state index >= 15 is 0 Å².